The molecule has 1 aliphatic rings. The fourth-order valence-corrected chi connectivity index (χ4v) is 4.68. The largest absolute Gasteiger partial charge is 0.467 e. The normalized spacial score (nSPS) is 15.8. The number of carbonyl (C=O) groups is 1. The lowest BCUT2D eigenvalue weighted by Gasteiger charge is -2.33. The molecule has 1 atom stereocenters. The number of amides is 1. The summed E-state index contributed by atoms with van der Waals surface area (Å²) in [5.74, 6) is 1.51. The molecule has 0 radical (unpaired) electrons. The van der Waals surface area contributed by atoms with E-state index in [2.05, 4.69) is 0 Å². The highest BCUT2D eigenvalue weighted by Crippen LogP contribution is 2.30. The average Bonchev–Trinajstić information content (AvgIpc) is 3.31. The van der Waals surface area contributed by atoms with E-state index in [-0.39, 0.29) is 23.4 Å². The summed E-state index contributed by atoms with van der Waals surface area (Å²) >= 11 is 0. The molecule has 2 aromatic heterocycles. The summed E-state index contributed by atoms with van der Waals surface area (Å²) in [5.41, 5.74) is 1.65. The van der Waals surface area contributed by atoms with Gasteiger partial charge in [0, 0.05) is 12.5 Å². The van der Waals surface area contributed by atoms with Gasteiger partial charge in [0.05, 0.1) is 29.8 Å². The third kappa shape index (κ3) is 4.29. The van der Waals surface area contributed by atoms with Crippen LogP contribution in [0.2, 0.25) is 0 Å². The van der Waals surface area contributed by atoms with Gasteiger partial charge in [0.15, 0.2) is 0 Å². The van der Waals surface area contributed by atoms with Gasteiger partial charge in [-0.2, -0.15) is 0 Å². The summed E-state index contributed by atoms with van der Waals surface area (Å²) < 4.78 is 7.27. The number of hydrogen-bond acceptors (Lipinski definition) is 4. The number of rotatable bonds is 6. The lowest BCUT2D eigenvalue weighted by Crippen LogP contribution is -2.40. The molecule has 0 N–H and O–H groups in total. The lowest BCUT2D eigenvalue weighted by molar-refractivity contribution is -0.140. The zero-order valence-electron chi connectivity index (χ0n) is 18.6. The molecule has 3 aromatic rings. The standard InChI is InChI=1S/C25H31N3O3/c1-4-27-23(26-22-13-12-17(2)15-21(22)25(27)30)18(3)28(16-20-11-8-14-31-20)24(29)19-9-6-5-7-10-19/h8,11-15,18-19H,4-7,9-10,16H2,1-3H3. The number of furan rings is 1. The van der Waals surface area contributed by atoms with E-state index in [0.29, 0.717) is 29.8 Å². The molecule has 0 saturated heterocycles. The Kier molecular flexibility index (Phi) is 6.25. The van der Waals surface area contributed by atoms with Crippen LogP contribution < -0.4 is 5.56 Å². The first-order chi connectivity index (χ1) is 15.0. The third-order valence-electron chi connectivity index (χ3n) is 6.44. The zero-order valence-corrected chi connectivity index (χ0v) is 18.6. The lowest BCUT2D eigenvalue weighted by atomic mass is 9.88. The first-order valence-electron chi connectivity index (χ1n) is 11.3. The molecule has 164 valence electrons. The Hall–Kier alpha value is -2.89. The van der Waals surface area contributed by atoms with E-state index >= 15 is 0 Å². The molecule has 0 spiro atoms. The summed E-state index contributed by atoms with van der Waals surface area (Å²) in [7, 11) is 0. The number of hydrogen-bond donors (Lipinski definition) is 0. The SMILES string of the molecule is CCn1c(C(C)N(Cc2ccco2)C(=O)C2CCCCC2)nc2ccc(C)cc2c1=O. The monoisotopic (exact) mass is 421 g/mol. The molecule has 4 rings (SSSR count). The second kappa shape index (κ2) is 9.08. The molecular weight excluding hydrogens is 390 g/mol. The van der Waals surface area contributed by atoms with E-state index in [4.69, 9.17) is 9.40 Å². The van der Waals surface area contributed by atoms with Gasteiger partial charge in [-0.1, -0.05) is 30.9 Å². The highest BCUT2D eigenvalue weighted by molar-refractivity contribution is 5.80. The molecule has 1 amide bonds. The Labute approximate surface area is 182 Å². The second-order valence-corrected chi connectivity index (χ2v) is 8.60. The van der Waals surface area contributed by atoms with Crippen LogP contribution in [0.4, 0.5) is 0 Å². The van der Waals surface area contributed by atoms with Crippen molar-refractivity contribution in [3.05, 3.63) is 64.1 Å². The predicted molar refractivity (Wildman–Crippen MR) is 121 cm³/mol. The molecule has 0 bridgehead atoms. The maximum absolute atomic E-state index is 13.6. The van der Waals surface area contributed by atoms with E-state index in [1.165, 1.54) is 6.42 Å². The molecule has 2 heterocycles. The fourth-order valence-electron chi connectivity index (χ4n) is 4.68. The van der Waals surface area contributed by atoms with Crippen LogP contribution in [0.25, 0.3) is 10.9 Å². The van der Waals surface area contributed by atoms with E-state index in [1.54, 1.807) is 10.8 Å². The van der Waals surface area contributed by atoms with Gasteiger partial charge in [0.2, 0.25) is 5.91 Å². The second-order valence-electron chi connectivity index (χ2n) is 8.60. The maximum atomic E-state index is 13.6. The molecule has 0 aliphatic heterocycles. The van der Waals surface area contributed by atoms with Crippen LogP contribution in [0.15, 0.2) is 45.8 Å². The Balaban J connectivity index is 1.77. The van der Waals surface area contributed by atoms with Gasteiger partial charge in [-0.25, -0.2) is 4.98 Å². The first-order valence-corrected chi connectivity index (χ1v) is 11.3. The van der Waals surface area contributed by atoms with Crippen LogP contribution in [-0.4, -0.2) is 20.4 Å². The molecule has 1 fully saturated rings. The van der Waals surface area contributed by atoms with Gasteiger partial charge in [0.1, 0.15) is 11.6 Å². The fraction of sp³-hybridized carbons (Fsp3) is 0.480. The van der Waals surface area contributed by atoms with Crippen LogP contribution in [0.1, 0.15) is 69.1 Å². The van der Waals surface area contributed by atoms with Crippen molar-refractivity contribution in [2.24, 2.45) is 5.92 Å². The van der Waals surface area contributed by atoms with Crippen LogP contribution in [0.5, 0.6) is 0 Å². The molecule has 6 heteroatoms. The average molecular weight is 422 g/mol. The molecule has 6 nitrogen and oxygen atoms in total. The zero-order chi connectivity index (χ0) is 22.0. The van der Waals surface area contributed by atoms with Crippen molar-refractivity contribution in [3.8, 4) is 0 Å². The van der Waals surface area contributed by atoms with Crippen LogP contribution in [-0.2, 0) is 17.9 Å². The van der Waals surface area contributed by atoms with Crippen molar-refractivity contribution in [1.29, 1.82) is 0 Å². The highest BCUT2D eigenvalue weighted by atomic mass is 16.3. The van der Waals surface area contributed by atoms with Crippen LogP contribution in [0, 0.1) is 12.8 Å². The molecule has 1 saturated carbocycles. The van der Waals surface area contributed by atoms with E-state index < -0.39 is 0 Å². The number of fused-ring (bicyclic) bond motifs is 1. The van der Waals surface area contributed by atoms with Crippen molar-refractivity contribution >= 4 is 16.8 Å². The van der Waals surface area contributed by atoms with Gasteiger partial charge < -0.3 is 9.32 Å². The van der Waals surface area contributed by atoms with Gasteiger partial charge in [0.25, 0.3) is 5.56 Å². The van der Waals surface area contributed by atoms with E-state index in [0.717, 1.165) is 37.0 Å². The topological polar surface area (TPSA) is 68.3 Å². The number of aryl methyl sites for hydroxylation is 1. The van der Waals surface area contributed by atoms with Gasteiger partial charge in [-0.15, -0.1) is 0 Å². The minimum absolute atomic E-state index is 0.0241. The highest BCUT2D eigenvalue weighted by Gasteiger charge is 2.32. The molecule has 1 aromatic carbocycles. The minimum atomic E-state index is -0.349. The first kappa shape index (κ1) is 21.3. The van der Waals surface area contributed by atoms with E-state index in [1.807, 2.05) is 56.0 Å². The Bertz CT molecular complexity index is 1110. The summed E-state index contributed by atoms with van der Waals surface area (Å²) in [4.78, 5) is 33.6. The van der Waals surface area contributed by atoms with Gasteiger partial charge >= 0.3 is 0 Å². The number of benzene rings is 1. The van der Waals surface area contributed by atoms with Crippen molar-refractivity contribution in [2.45, 2.75) is 72.0 Å². The van der Waals surface area contributed by atoms with Crippen LogP contribution >= 0.6 is 0 Å². The summed E-state index contributed by atoms with van der Waals surface area (Å²) in [6.45, 7) is 6.76. The van der Waals surface area contributed by atoms with Crippen molar-refractivity contribution in [3.63, 3.8) is 0 Å². The van der Waals surface area contributed by atoms with Crippen molar-refractivity contribution < 1.29 is 9.21 Å². The summed E-state index contributed by atoms with van der Waals surface area (Å²) in [6, 6.07) is 9.12. The Morgan fingerprint density at radius 3 is 2.71 bits per heavy atom. The van der Waals surface area contributed by atoms with Crippen LogP contribution in [0.3, 0.4) is 0 Å². The predicted octanol–water partition coefficient (Wildman–Crippen LogP) is 4.99. The Morgan fingerprint density at radius 2 is 2.03 bits per heavy atom. The van der Waals surface area contributed by atoms with Crippen molar-refractivity contribution in [1.82, 2.24) is 14.5 Å². The Morgan fingerprint density at radius 1 is 1.26 bits per heavy atom. The smallest absolute Gasteiger partial charge is 0.261 e. The molecular formula is C25H31N3O3. The van der Waals surface area contributed by atoms with Gasteiger partial charge in [-0.05, 0) is 57.9 Å². The summed E-state index contributed by atoms with van der Waals surface area (Å²) in [6.07, 6.45) is 6.84. The maximum Gasteiger partial charge on any atom is 0.261 e. The molecule has 1 unspecified atom stereocenters. The van der Waals surface area contributed by atoms with Gasteiger partial charge in [-0.3, -0.25) is 14.2 Å². The quantitative estimate of drug-likeness (QED) is 0.562. The van der Waals surface area contributed by atoms with Crippen molar-refractivity contribution in [2.75, 3.05) is 0 Å². The number of carbonyl (C=O) groups excluding carboxylic acids is 1. The number of aromatic nitrogens is 2. The minimum Gasteiger partial charge on any atom is -0.467 e. The van der Waals surface area contributed by atoms with E-state index in [9.17, 15) is 9.59 Å². The molecule has 31 heavy (non-hydrogen) atoms. The molecule has 1 aliphatic carbocycles. The third-order valence-corrected chi connectivity index (χ3v) is 6.44. The summed E-state index contributed by atoms with van der Waals surface area (Å²) in [5, 5.41) is 0.619. The number of nitrogens with zero attached hydrogens (tertiary/aromatic N) is 3.